The lowest BCUT2D eigenvalue weighted by Gasteiger charge is -2.30. The Morgan fingerprint density at radius 2 is 2.06 bits per heavy atom. The number of rotatable bonds is 8. The standard InChI is InChI=1S/C27H38N4O3S/c1-19-28-17-24(35-19)16-26(32)29-22-5-2-20(3-6-22)8-12-31-13-9-21-4-7-27(30-25(21)10-14-31)34-23-11-15-33-18-23/h4,7,17,20,22-23H,2-3,5-6,8-16,18H2,1H3,(H,29,32). The van der Waals surface area contributed by atoms with Gasteiger partial charge in [-0.1, -0.05) is 6.07 Å². The molecule has 0 bridgehead atoms. The van der Waals surface area contributed by atoms with Crippen molar-refractivity contribution >= 4 is 17.2 Å². The number of thiazole rings is 1. The molecule has 1 unspecified atom stereocenters. The Morgan fingerprint density at radius 1 is 1.20 bits per heavy atom. The summed E-state index contributed by atoms with van der Waals surface area (Å²) in [6, 6.07) is 4.57. The molecule has 35 heavy (non-hydrogen) atoms. The van der Waals surface area contributed by atoms with Gasteiger partial charge < -0.3 is 19.7 Å². The topological polar surface area (TPSA) is 76.6 Å². The third-order valence-electron chi connectivity index (χ3n) is 7.65. The van der Waals surface area contributed by atoms with Gasteiger partial charge in [-0.25, -0.2) is 9.97 Å². The van der Waals surface area contributed by atoms with Crippen LogP contribution in [0, 0.1) is 12.8 Å². The summed E-state index contributed by atoms with van der Waals surface area (Å²) in [6.07, 6.45) is 11.3. The van der Waals surface area contributed by atoms with Crippen molar-refractivity contribution in [2.24, 2.45) is 5.92 Å². The van der Waals surface area contributed by atoms with Gasteiger partial charge in [0.05, 0.1) is 24.6 Å². The summed E-state index contributed by atoms with van der Waals surface area (Å²) in [7, 11) is 0. The monoisotopic (exact) mass is 498 g/mol. The summed E-state index contributed by atoms with van der Waals surface area (Å²) in [5, 5.41) is 4.27. The van der Waals surface area contributed by atoms with Crippen LogP contribution in [-0.4, -0.2) is 65.8 Å². The van der Waals surface area contributed by atoms with E-state index in [4.69, 9.17) is 14.5 Å². The largest absolute Gasteiger partial charge is 0.472 e. The van der Waals surface area contributed by atoms with Gasteiger partial charge in [0.2, 0.25) is 11.8 Å². The van der Waals surface area contributed by atoms with Crippen LogP contribution < -0.4 is 10.1 Å². The lowest BCUT2D eigenvalue weighted by molar-refractivity contribution is -0.121. The molecule has 2 aliphatic heterocycles. The Kier molecular flexibility index (Phi) is 8.31. The molecule has 190 valence electrons. The minimum atomic E-state index is 0.139. The number of aryl methyl sites for hydroxylation is 1. The number of aromatic nitrogens is 2. The van der Waals surface area contributed by atoms with E-state index in [0.717, 1.165) is 80.0 Å². The molecule has 1 atom stereocenters. The van der Waals surface area contributed by atoms with Crippen molar-refractivity contribution < 1.29 is 14.3 Å². The third-order valence-corrected chi connectivity index (χ3v) is 8.56. The van der Waals surface area contributed by atoms with Crippen LogP contribution in [-0.2, 0) is 28.8 Å². The number of hydrogen-bond acceptors (Lipinski definition) is 7. The molecule has 0 spiro atoms. The van der Waals surface area contributed by atoms with E-state index >= 15 is 0 Å². The molecule has 2 aromatic rings. The molecule has 1 saturated carbocycles. The average Bonchev–Trinajstić information content (AvgIpc) is 3.46. The van der Waals surface area contributed by atoms with Crippen molar-refractivity contribution in [3.63, 3.8) is 0 Å². The predicted molar refractivity (Wildman–Crippen MR) is 137 cm³/mol. The maximum atomic E-state index is 12.4. The van der Waals surface area contributed by atoms with E-state index in [0.29, 0.717) is 19.1 Å². The fraction of sp³-hybridized carbons (Fsp3) is 0.667. The number of ether oxygens (including phenoxy) is 2. The smallest absolute Gasteiger partial charge is 0.225 e. The maximum absolute atomic E-state index is 12.4. The number of hydrogen-bond donors (Lipinski definition) is 1. The van der Waals surface area contributed by atoms with Crippen LogP contribution in [0.25, 0.3) is 0 Å². The molecular formula is C27H38N4O3S. The zero-order chi connectivity index (χ0) is 24.0. The fourth-order valence-corrected chi connectivity index (χ4v) is 6.35. The molecule has 3 aliphatic rings. The van der Waals surface area contributed by atoms with E-state index in [-0.39, 0.29) is 12.0 Å². The van der Waals surface area contributed by atoms with Gasteiger partial charge in [-0.2, -0.15) is 0 Å². The minimum Gasteiger partial charge on any atom is -0.472 e. The molecule has 8 heteroatoms. The van der Waals surface area contributed by atoms with E-state index in [2.05, 4.69) is 21.3 Å². The van der Waals surface area contributed by atoms with Gasteiger partial charge in [-0.05, 0) is 63.5 Å². The molecule has 7 nitrogen and oxygen atoms in total. The Hall–Kier alpha value is -2.03. The Bertz CT molecular complexity index is 983. The van der Waals surface area contributed by atoms with E-state index in [9.17, 15) is 4.79 Å². The summed E-state index contributed by atoms with van der Waals surface area (Å²) >= 11 is 1.61. The van der Waals surface area contributed by atoms with Gasteiger partial charge in [0.15, 0.2) is 0 Å². The van der Waals surface area contributed by atoms with E-state index in [1.165, 1.54) is 30.5 Å². The number of carbonyl (C=O) groups excluding carboxylic acids is 1. The molecule has 0 radical (unpaired) electrons. The molecule has 4 heterocycles. The molecule has 5 rings (SSSR count). The summed E-state index contributed by atoms with van der Waals surface area (Å²) in [4.78, 5) is 25.1. The van der Waals surface area contributed by atoms with E-state index in [1.54, 1.807) is 11.3 Å². The van der Waals surface area contributed by atoms with Crippen molar-refractivity contribution in [3.8, 4) is 5.88 Å². The molecule has 0 aromatic carbocycles. The number of nitrogens with one attached hydrogen (secondary N) is 1. The zero-order valence-corrected chi connectivity index (χ0v) is 21.7. The van der Waals surface area contributed by atoms with Gasteiger partial charge >= 0.3 is 0 Å². The van der Waals surface area contributed by atoms with Crippen molar-refractivity contribution in [1.29, 1.82) is 0 Å². The molecule has 1 saturated heterocycles. The quantitative estimate of drug-likeness (QED) is 0.598. The highest BCUT2D eigenvalue weighted by atomic mass is 32.1. The first kappa shape index (κ1) is 24.7. The number of fused-ring (bicyclic) bond motifs is 1. The number of nitrogens with zero attached hydrogens (tertiary/aromatic N) is 3. The van der Waals surface area contributed by atoms with Crippen molar-refractivity contribution in [2.45, 2.75) is 76.9 Å². The van der Waals surface area contributed by atoms with Gasteiger partial charge in [-0.3, -0.25) is 4.79 Å². The lowest BCUT2D eigenvalue weighted by Crippen LogP contribution is -2.38. The molecule has 2 fully saturated rings. The summed E-state index contributed by atoms with van der Waals surface area (Å²) < 4.78 is 11.4. The highest BCUT2D eigenvalue weighted by Crippen LogP contribution is 2.28. The van der Waals surface area contributed by atoms with Gasteiger partial charge in [0.1, 0.15) is 6.10 Å². The predicted octanol–water partition coefficient (Wildman–Crippen LogP) is 3.72. The van der Waals surface area contributed by atoms with Crippen LogP contribution >= 0.6 is 11.3 Å². The second-order valence-electron chi connectivity index (χ2n) is 10.3. The highest BCUT2D eigenvalue weighted by Gasteiger charge is 2.24. The molecule has 2 aromatic heterocycles. The van der Waals surface area contributed by atoms with Crippen molar-refractivity contribution in [2.75, 3.05) is 32.8 Å². The van der Waals surface area contributed by atoms with Gasteiger partial charge in [-0.15, -0.1) is 11.3 Å². The first-order valence-corrected chi connectivity index (χ1v) is 14.1. The SMILES string of the molecule is Cc1ncc(CC(=O)NC2CCC(CCN3CCc4ccc(OC5CCOC5)nc4CC3)CC2)s1. The third kappa shape index (κ3) is 7.02. The van der Waals surface area contributed by atoms with Gasteiger partial charge in [0.25, 0.3) is 0 Å². The van der Waals surface area contributed by atoms with Crippen LogP contribution in [0.1, 0.15) is 59.7 Å². The highest BCUT2D eigenvalue weighted by molar-refractivity contribution is 7.11. The summed E-state index contributed by atoms with van der Waals surface area (Å²) in [5.41, 5.74) is 2.57. The Morgan fingerprint density at radius 3 is 2.83 bits per heavy atom. The zero-order valence-electron chi connectivity index (χ0n) is 20.8. The minimum absolute atomic E-state index is 0.139. The van der Waals surface area contributed by atoms with Gasteiger partial charge in [0, 0.05) is 54.8 Å². The fourth-order valence-electron chi connectivity index (χ4n) is 5.56. The van der Waals surface area contributed by atoms with Crippen LogP contribution in [0.3, 0.4) is 0 Å². The van der Waals surface area contributed by atoms with E-state index < -0.39 is 0 Å². The Labute approximate surface area is 212 Å². The van der Waals surface area contributed by atoms with Crippen LogP contribution in [0.2, 0.25) is 0 Å². The number of pyridine rings is 1. The molecule has 1 N–H and O–H groups in total. The second-order valence-corrected chi connectivity index (χ2v) is 11.6. The number of amides is 1. The molecule has 1 amide bonds. The van der Waals surface area contributed by atoms with Crippen molar-refractivity contribution in [1.82, 2.24) is 20.2 Å². The van der Waals surface area contributed by atoms with Crippen LogP contribution in [0.15, 0.2) is 18.3 Å². The summed E-state index contributed by atoms with van der Waals surface area (Å²) in [6.45, 7) is 6.77. The molecular weight excluding hydrogens is 460 g/mol. The maximum Gasteiger partial charge on any atom is 0.225 e. The Balaban J connectivity index is 1.01. The van der Waals surface area contributed by atoms with Crippen LogP contribution in [0.4, 0.5) is 0 Å². The van der Waals surface area contributed by atoms with Crippen LogP contribution in [0.5, 0.6) is 5.88 Å². The first-order chi connectivity index (χ1) is 17.1. The average molecular weight is 499 g/mol. The second kappa shape index (κ2) is 11.8. The van der Waals surface area contributed by atoms with Crippen molar-refractivity contribution in [3.05, 3.63) is 39.5 Å². The normalized spacial score (nSPS) is 25.1. The first-order valence-electron chi connectivity index (χ1n) is 13.3. The molecule has 1 aliphatic carbocycles. The van der Waals surface area contributed by atoms with E-state index in [1.807, 2.05) is 19.2 Å². The summed E-state index contributed by atoms with van der Waals surface area (Å²) in [5.74, 6) is 1.66. The lowest BCUT2D eigenvalue weighted by atomic mass is 9.84. The number of carbonyl (C=O) groups is 1.